The van der Waals surface area contributed by atoms with E-state index in [2.05, 4.69) is 15.7 Å². The molecule has 0 spiro atoms. The maximum atomic E-state index is 12.1. The number of rotatable bonds is 5. The van der Waals surface area contributed by atoms with Crippen LogP contribution in [-0.2, 0) is 4.79 Å². The second kappa shape index (κ2) is 7.12. The summed E-state index contributed by atoms with van der Waals surface area (Å²) in [6.45, 7) is 0. The first-order chi connectivity index (χ1) is 11.7. The summed E-state index contributed by atoms with van der Waals surface area (Å²) in [6.07, 6.45) is 3.25. The molecule has 6 nitrogen and oxygen atoms in total. The molecular formula is C17H16N4O2S. The first-order valence-corrected chi connectivity index (χ1v) is 8.00. The number of benzene rings is 2. The number of nitrogens with two attached hydrogens (primary N) is 1. The first kappa shape index (κ1) is 16.0. The molecule has 0 aliphatic heterocycles. The topological polar surface area (TPSA) is 89.3 Å². The number of hydrogen-bond acceptors (Lipinski definition) is 6. The van der Waals surface area contributed by atoms with Crippen molar-refractivity contribution in [3.63, 3.8) is 0 Å². The molecule has 0 fully saturated rings. The van der Waals surface area contributed by atoms with Crippen molar-refractivity contribution in [2.45, 2.75) is 0 Å². The van der Waals surface area contributed by atoms with Crippen LogP contribution in [0, 0.1) is 0 Å². The Morgan fingerprint density at radius 2 is 2.08 bits per heavy atom. The summed E-state index contributed by atoms with van der Waals surface area (Å²) in [4.78, 5) is 16.4. The molecule has 0 bridgehead atoms. The molecule has 0 aliphatic carbocycles. The lowest BCUT2D eigenvalue weighted by molar-refractivity contribution is -0.111. The summed E-state index contributed by atoms with van der Waals surface area (Å²) < 4.78 is 6.21. The molecule has 0 saturated heterocycles. The van der Waals surface area contributed by atoms with Crippen LogP contribution in [0.3, 0.4) is 0 Å². The Kier molecular flexibility index (Phi) is 4.74. The van der Waals surface area contributed by atoms with Crippen LogP contribution in [0.4, 0.5) is 10.8 Å². The number of carbonyl (C=O) groups is 1. The van der Waals surface area contributed by atoms with E-state index in [1.165, 1.54) is 17.4 Å². The van der Waals surface area contributed by atoms with Gasteiger partial charge in [0.15, 0.2) is 5.13 Å². The van der Waals surface area contributed by atoms with Crippen LogP contribution in [-0.4, -0.2) is 18.0 Å². The summed E-state index contributed by atoms with van der Waals surface area (Å²) in [7, 11) is 1.56. The zero-order valence-corrected chi connectivity index (χ0v) is 13.8. The van der Waals surface area contributed by atoms with Crippen molar-refractivity contribution in [1.29, 1.82) is 0 Å². The number of nitrogens with one attached hydrogen (secondary N) is 2. The van der Waals surface area contributed by atoms with Crippen LogP contribution in [0.15, 0.2) is 48.5 Å². The van der Waals surface area contributed by atoms with Gasteiger partial charge in [0, 0.05) is 17.8 Å². The molecule has 3 rings (SSSR count). The SMILES string of the molecule is COc1cc(NC(=O)/C=C/c2ccccc2)cc2sc(NN)nc12. The molecule has 1 heterocycles. The summed E-state index contributed by atoms with van der Waals surface area (Å²) in [5.74, 6) is 5.75. The maximum absolute atomic E-state index is 12.1. The number of nitrogens with zero attached hydrogens (tertiary/aromatic N) is 1. The normalized spacial score (nSPS) is 10.9. The highest BCUT2D eigenvalue weighted by Gasteiger charge is 2.11. The van der Waals surface area contributed by atoms with E-state index in [0.717, 1.165) is 10.3 Å². The van der Waals surface area contributed by atoms with E-state index in [9.17, 15) is 4.79 Å². The Labute approximate surface area is 142 Å². The van der Waals surface area contributed by atoms with Gasteiger partial charge in [0.25, 0.3) is 0 Å². The second-order valence-electron chi connectivity index (χ2n) is 4.92. The zero-order valence-electron chi connectivity index (χ0n) is 12.9. The minimum Gasteiger partial charge on any atom is -0.494 e. The minimum atomic E-state index is -0.220. The molecule has 122 valence electrons. The molecule has 1 aromatic heterocycles. The predicted octanol–water partition coefficient (Wildman–Crippen LogP) is 3.24. The lowest BCUT2D eigenvalue weighted by atomic mass is 10.2. The third-order valence-corrected chi connectivity index (χ3v) is 4.23. The molecule has 3 aromatic rings. The molecule has 0 radical (unpaired) electrons. The number of nitrogen functional groups attached to an aromatic ring is 1. The number of ether oxygens (including phenoxy) is 1. The van der Waals surface area contributed by atoms with Crippen molar-refractivity contribution >= 4 is 44.4 Å². The number of thiazole rings is 1. The van der Waals surface area contributed by atoms with Gasteiger partial charge in [0.2, 0.25) is 5.91 Å². The van der Waals surface area contributed by atoms with Crippen molar-refractivity contribution in [2.75, 3.05) is 17.9 Å². The van der Waals surface area contributed by atoms with Crippen molar-refractivity contribution in [2.24, 2.45) is 5.84 Å². The quantitative estimate of drug-likeness (QED) is 0.377. The highest BCUT2D eigenvalue weighted by atomic mass is 32.1. The van der Waals surface area contributed by atoms with Gasteiger partial charge in [-0.25, -0.2) is 10.8 Å². The van der Waals surface area contributed by atoms with Crippen molar-refractivity contribution in [3.05, 3.63) is 54.1 Å². The molecule has 2 aromatic carbocycles. The number of carbonyl (C=O) groups excluding carboxylic acids is 1. The number of methoxy groups -OCH3 is 1. The number of hydrazine groups is 1. The van der Waals surface area contributed by atoms with Crippen molar-refractivity contribution in [3.8, 4) is 5.75 Å². The van der Waals surface area contributed by atoms with E-state index < -0.39 is 0 Å². The molecule has 7 heteroatoms. The van der Waals surface area contributed by atoms with Gasteiger partial charge in [-0.15, -0.1) is 0 Å². The highest BCUT2D eigenvalue weighted by molar-refractivity contribution is 7.22. The van der Waals surface area contributed by atoms with Gasteiger partial charge in [-0.05, 0) is 17.7 Å². The number of fused-ring (bicyclic) bond motifs is 1. The molecule has 1 amide bonds. The standard InChI is InChI=1S/C17H16N4O2S/c1-23-13-9-12(10-14-16(13)20-17(21-18)24-14)19-15(22)8-7-11-5-3-2-4-6-11/h2-10H,18H2,1H3,(H,19,22)(H,20,21)/b8-7+. The maximum Gasteiger partial charge on any atom is 0.248 e. The van der Waals surface area contributed by atoms with Crippen LogP contribution < -0.4 is 21.3 Å². The van der Waals surface area contributed by atoms with E-state index in [4.69, 9.17) is 10.6 Å². The van der Waals surface area contributed by atoms with Gasteiger partial charge in [0.05, 0.1) is 11.8 Å². The molecule has 0 saturated carbocycles. The van der Waals surface area contributed by atoms with E-state index in [0.29, 0.717) is 22.1 Å². The highest BCUT2D eigenvalue weighted by Crippen LogP contribution is 2.35. The molecule has 0 aliphatic rings. The average molecular weight is 340 g/mol. The fraction of sp³-hybridized carbons (Fsp3) is 0.0588. The van der Waals surface area contributed by atoms with Crippen LogP contribution in [0.1, 0.15) is 5.56 Å². The van der Waals surface area contributed by atoms with E-state index in [-0.39, 0.29) is 5.91 Å². The average Bonchev–Trinajstić information content (AvgIpc) is 3.03. The summed E-state index contributed by atoms with van der Waals surface area (Å²) in [6, 6.07) is 13.2. The van der Waals surface area contributed by atoms with Crippen LogP contribution in [0.25, 0.3) is 16.3 Å². The lowest BCUT2D eigenvalue weighted by Crippen LogP contribution is -2.07. The minimum absolute atomic E-state index is 0.220. The zero-order chi connectivity index (χ0) is 16.9. The Morgan fingerprint density at radius 3 is 2.79 bits per heavy atom. The predicted molar refractivity (Wildman–Crippen MR) is 98.1 cm³/mol. The number of anilines is 2. The number of hydrogen-bond donors (Lipinski definition) is 3. The van der Waals surface area contributed by atoms with E-state index in [1.807, 2.05) is 36.4 Å². The Hall–Kier alpha value is -2.90. The Balaban J connectivity index is 1.81. The first-order valence-electron chi connectivity index (χ1n) is 7.19. The third kappa shape index (κ3) is 3.53. The van der Waals surface area contributed by atoms with Gasteiger partial charge in [-0.2, -0.15) is 0 Å². The smallest absolute Gasteiger partial charge is 0.248 e. The number of amides is 1. The summed E-state index contributed by atoms with van der Waals surface area (Å²) in [5.41, 5.74) is 4.82. The Morgan fingerprint density at radius 1 is 1.29 bits per heavy atom. The van der Waals surface area contributed by atoms with Gasteiger partial charge in [0.1, 0.15) is 11.3 Å². The third-order valence-electron chi connectivity index (χ3n) is 3.30. The van der Waals surface area contributed by atoms with E-state index in [1.54, 1.807) is 19.3 Å². The largest absolute Gasteiger partial charge is 0.494 e. The summed E-state index contributed by atoms with van der Waals surface area (Å²) in [5, 5.41) is 3.41. The second-order valence-corrected chi connectivity index (χ2v) is 5.95. The van der Waals surface area contributed by atoms with Gasteiger partial charge in [-0.3, -0.25) is 10.2 Å². The lowest BCUT2D eigenvalue weighted by Gasteiger charge is -2.06. The summed E-state index contributed by atoms with van der Waals surface area (Å²) >= 11 is 1.38. The van der Waals surface area contributed by atoms with Gasteiger partial charge >= 0.3 is 0 Å². The van der Waals surface area contributed by atoms with E-state index >= 15 is 0 Å². The monoisotopic (exact) mass is 340 g/mol. The van der Waals surface area contributed by atoms with Gasteiger partial charge in [-0.1, -0.05) is 41.7 Å². The molecule has 0 unspecified atom stereocenters. The van der Waals surface area contributed by atoms with Crippen molar-refractivity contribution < 1.29 is 9.53 Å². The fourth-order valence-electron chi connectivity index (χ4n) is 2.21. The van der Waals surface area contributed by atoms with Gasteiger partial charge < -0.3 is 10.1 Å². The van der Waals surface area contributed by atoms with Crippen LogP contribution in [0.5, 0.6) is 5.75 Å². The number of aromatic nitrogens is 1. The molecule has 4 N–H and O–H groups in total. The molecular weight excluding hydrogens is 324 g/mol. The molecule has 24 heavy (non-hydrogen) atoms. The fourth-order valence-corrected chi connectivity index (χ4v) is 3.04. The van der Waals surface area contributed by atoms with Crippen LogP contribution in [0.2, 0.25) is 0 Å². The Bertz CT molecular complexity index is 890. The van der Waals surface area contributed by atoms with Crippen LogP contribution >= 0.6 is 11.3 Å². The molecule has 0 atom stereocenters. The van der Waals surface area contributed by atoms with Crippen molar-refractivity contribution in [1.82, 2.24) is 4.98 Å².